The fraction of sp³-hybridized carbons (Fsp3) is 1.00. The molecule has 0 bridgehead atoms. The first-order valence-corrected chi connectivity index (χ1v) is 6.71. The lowest BCUT2D eigenvalue weighted by molar-refractivity contribution is -0.0638. The van der Waals surface area contributed by atoms with Gasteiger partial charge in [-0.25, -0.2) is 0 Å². The van der Waals surface area contributed by atoms with Crippen molar-refractivity contribution in [3.8, 4) is 0 Å². The van der Waals surface area contributed by atoms with E-state index in [0.29, 0.717) is 11.5 Å². The summed E-state index contributed by atoms with van der Waals surface area (Å²) in [4.78, 5) is 0. The van der Waals surface area contributed by atoms with Crippen LogP contribution in [-0.4, -0.2) is 38.5 Å². The van der Waals surface area contributed by atoms with E-state index in [0.717, 1.165) is 39.0 Å². The first-order valence-electron chi connectivity index (χ1n) is 6.71. The predicted octanol–water partition coefficient (Wildman–Crippen LogP) is 2.60. The van der Waals surface area contributed by atoms with Gasteiger partial charge < -0.3 is 14.8 Å². The fourth-order valence-corrected chi connectivity index (χ4v) is 2.29. The van der Waals surface area contributed by atoms with Crippen LogP contribution >= 0.6 is 0 Å². The van der Waals surface area contributed by atoms with Crippen LogP contribution in [0.15, 0.2) is 0 Å². The van der Waals surface area contributed by atoms with Crippen molar-refractivity contribution >= 4 is 0 Å². The van der Waals surface area contributed by atoms with Crippen LogP contribution in [0.4, 0.5) is 0 Å². The Hall–Kier alpha value is -0.120. The van der Waals surface area contributed by atoms with Gasteiger partial charge in [-0.15, -0.1) is 0 Å². The number of hydrogen-bond acceptors (Lipinski definition) is 3. The topological polar surface area (TPSA) is 30.5 Å². The molecule has 0 aromatic rings. The third-order valence-electron chi connectivity index (χ3n) is 3.55. The van der Waals surface area contributed by atoms with Crippen LogP contribution in [0.2, 0.25) is 0 Å². The number of nitrogens with one attached hydrogen (secondary N) is 1. The largest absolute Gasteiger partial charge is 0.385 e. The van der Waals surface area contributed by atoms with Crippen LogP contribution < -0.4 is 5.32 Å². The second-order valence-corrected chi connectivity index (χ2v) is 6.59. The molecule has 1 aliphatic heterocycles. The first kappa shape index (κ1) is 14.9. The summed E-state index contributed by atoms with van der Waals surface area (Å²) in [6, 6.07) is 0.598. The molecular formula is C14H29NO2. The molecule has 0 saturated carbocycles. The highest BCUT2D eigenvalue weighted by Gasteiger charge is 2.29. The van der Waals surface area contributed by atoms with Gasteiger partial charge in [0.15, 0.2) is 0 Å². The first-order chi connectivity index (χ1) is 7.85. The monoisotopic (exact) mass is 243 g/mol. The Kier molecular flexibility index (Phi) is 5.42. The van der Waals surface area contributed by atoms with Gasteiger partial charge in [-0.3, -0.25) is 0 Å². The van der Waals surface area contributed by atoms with E-state index in [1.54, 1.807) is 7.11 Å². The Morgan fingerprint density at radius 2 is 2.12 bits per heavy atom. The van der Waals surface area contributed by atoms with Gasteiger partial charge in [-0.2, -0.15) is 0 Å². The number of methoxy groups -OCH3 is 1. The summed E-state index contributed by atoms with van der Waals surface area (Å²) in [6.45, 7) is 11.7. The van der Waals surface area contributed by atoms with Crippen molar-refractivity contribution < 1.29 is 9.47 Å². The van der Waals surface area contributed by atoms with Crippen LogP contribution in [0.5, 0.6) is 0 Å². The normalized spacial score (nSPS) is 24.9. The molecular weight excluding hydrogens is 214 g/mol. The van der Waals surface area contributed by atoms with E-state index in [1.165, 1.54) is 0 Å². The van der Waals surface area contributed by atoms with Crippen molar-refractivity contribution in [2.45, 2.75) is 58.6 Å². The van der Waals surface area contributed by atoms with Crippen LogP contribution in [0.1, 0.15) is 47.0 Å². The number of rotatable bonds is 6. The maximum Gasteiger partial charge on any atom is 0.0641 e. The lowest BCUT2D eigenvalue weighted by Gasteiger charge is -2.37. The minimum absolute atomic E-state index is 0.0343. The molecule has 3 nitrogen and oxygen atoms in total. The summed E-state index contributed by atoms with van der Waals surface area (Å²) in [5, 5.41) is 3.69. The fourth-order valence-electron chi connectivity index (χ4n) is 2.29. The minimum Gasteiger partial charge on any atom is -0.385 e. The van der Waals surface area contributed by atoms with Gasteiger partial charge in [0.1, 0.15) is 0 Å². The molecule has 1 aliphatic rings. The Morgan fingerprint density at radius 1 is 1.41 bits per heavy atom. The smallest absolute Gasteiger partial charge is 0.0641 e. The van der Waals surface area contributed by atoms with Crippen LogP contribution in [0, 0.1) is 5.41 Å². The van der Waals surface area contributed by atoms with Crippen LogP contribution in [0.3, 0.4) is 0 Å². The molecule has 1 atom stereocenters. The second-order valence-electron chi connectivity index (χ2n) is 6.59. The van der Waals surface area contributed by atoms with E-state index in [1.807, 2.05) is 0 Å². The van der Waals surface area contributed by atoms with Crippen molar-refractivity contribution in [1.82, 2.24) is 5.32 Å². The molecule has 0 spiro atoms. The highest BCUT2D eigenvalue weighted by molar-refractivity contribution is 4.84. The van der Waals surface area contributed by atoms with Gasteiger partial charge in [-0.05, 0) is 38.5 Å². The van der Waals surface area contributed by atoms with E-state index >= 15 is 0 Å². The van der Waals surface area contributed by atoms with Crippen molar-refractivity contribution in [3.63, 3.8) is 0 Å². The SMILES string of the molecule is COCCC(C)(C)CNC1CCOC(C)(C)C1. The molecule has 1 rings (SSSR count). The van der Waals surface area contributed by atoms with E-state index in [9.17, 15) is 0 Å². The molecule has 102 valence electrons. The number of hydrogen-bond donors (Lipinski definition) is 1. The average Bonchev–Trinajstić information content (AvgIpc) is 2.23. The quantitative estimate of drug-likeness (QED) is 0.778. The molecule has 3 heteroatoms. The Balaban J connectivity index is 2.29. The van der Waals surface area contributed by atoms with Gasteiger partial charge in [0, 0.05) is 32.9 Å². The molecule has 17 heavy (non-hydrogen) atoms. The second kappa shape index (κ2) is 6.17. The van der Waals surface area contributed by atoms with Gasteiger partial charge in [-0.1, -0.05) is 13.8 Å². The molecule has 1 fully saturated rings. The Morgan fingerprint density at radius 3 is 2.71 bits per heavy atom. The van der Waals surface area contributed by atoms with Gasteiger partial charge >= 0.3 is 0 Å². The van der Waals surface area contributed by atoms with Crippen molar-refractivity contribution in [2.75, 3.05) is 26.9 Å². The molecule has 0 aromatic carbocycles. The summed E-state index contributed by atoms with van der Waals surface area (Å²) >= 11 is 0. The van der Waals surface area contributed by atoms with Gasteiger partial charge in [0.2, 0.25) is 0 Å². The summed E-state index contributed by atoms with van der Waals surface area (Å²) < 4.78 is 10.9. The van der Waals surface area contributed by atoms with E-state index in [-0.39, 0.29) is 5.60 Å². The molecule has 1 saturated heterocycles. The number of ether oxygens (including phenoxy) is 2. The molecule has 1 unspecified atom stereocenters. The molecule has 0 aromatic heterocycles. The van der Waals surface area contributed by atoms with E-state index in [4.69, 9.17) is 9.47 Å². The van der Waals surface area contributed by atoms with E-state index < -0.39 is 0 Å². The zero-order valence-corrected chi connectivity index (χ0v) is 12.1. The summed E-state index contributed by atoms with van der Waals surface area (Å²) in [7, 11) is 1.77. The maximum absolute atomic E-state index is 5.73. The zero-order valence-electron chi connectivity index (χ0n) is 12.1. The summed E-state index contributed by atoms with van der Waals surface area (Å²) in [5.74, 6) is 0. The third-order valence-corrected chi connectivity index (χ3v) is 3.55. The molecule has 0 radical (unpaired) electrons. The lowest BCUT2D eigenvalue weighted by Crippen LogP contribution is -2.46. The highest BCUT2D eigenvalue weighted by Crippen LogP contribution is 2.25. The molecule has 1 heterocycles. The molecule has 0 aliphatic carbocycles. The predicted molar refractivity (Wildman–Crippen MR) is 71.3 cm³/mol. The third kappa shape index (κ3) is 5.84. The molecule has 0 amide bonds. The van der Waals surface area contributed by atoms with Crippen molar-refractivity contribution in [3.05, 3.63) is 0 Å². The van der Waals surface area contributed by atoms with Gasteiger partial charge in [0.05, 0.1) is 5.60 Å². The average molecular weight is 243 g/mol. The molecule has 1 N–H and O–H groups in total. The van der Waals surface area contributed by atoms with Crippen molar-refractivity contribution in [2.24, 2.45) is 5.41 Å². The summed E-state index contributed by atoms with van der Waals surface area (Å²) in [6.07, 6.45) is 3.33. The Bertz CT molecular complexity index is 226. The van der Waals surface area contributed by atoms with Crippen LogP contribution in [-0.2, 0) is 9.47 Å². The minimum atomic E-state index is 0.0343. The standard InChI is InChI=1S/C14H29NO2/c1-13(2,7-9-16-5)11-15-12-6-8-17-14(3,4)10-12/h12,15H,6-11H2,1-5H3. The highest BCUT2D eigenvalue weighted by atomic mass is 16.5. The summed E-state index contributed by atoms with van der Waals surface area (Å²) in [5.41, 5.74) is 0.338. The maximum atomic E-state index is 5.73. The Labute approximate surface area is 106 Å². The van der Waals surface area contributed by atoms with E-state index in [2.05, 4.69) is 33.0 Å². The van der Waals surface area contributed by atoms with Gasteiger partial charge in [0.25, 0.3) is 0 Å². The lowest BCUT2D eigenvalue weighted by atomic mass is 9.88. The van der Waals surface area contributed by atoms with Crippen LogP contribution in [0.25, 0.3) is 0 Å². The van der Waals surface area contributed by atoms with Crippen molar-refractivity contribution in [1.29, 1.82) is 0 Å². The zero-order chi connectivity index (χ0) is 12.9.